The minimum Gasteiger partial charge on any atom is -0.493 e. The van der Waals surface area contributed by atoms with E-state index in [1.165, 1.54) is 25.2 Å². The SMILES string of the molecule is CCOC(=O)N1CCc2c(sc(NC(=O)c3cc(OC)c(OC)cc3[N+](=O)[O-])c2C(N)=O)C1. The number of rotatable bonds is 7. The Bertz CT molecular complexity index is 1130. The number of fused-ring (bicyclic) bond motifs is 1. The third-order valence-corrected chi connectivity index (χ3v) is 6.13. The Balaban J connectivity index is 1.98. The first-order valence-electron chi connectivity index (χ1n) is 9.79. The fraction of sp³-hybridized carbons (Fsp3) is 0.350. The summed E-state index contributed by atoms with van der Waals surface area (Å²) < 4.78 is 15.2. The summed E-state index contributed by atoms with van der Waals surface area (Å²) in [6.45, 7) is 2.43. The van der Waals surface area contributed by atoms with Crippen LogP contribution >= 0.6 is 11.3 Å². The van der Waals surface area contributed by atoms with E-state index in [4.69, 9.17) is 19.9 Å². The fourth-order valence-corrected chi connectivity index (χ4v) is 4.76. The molecular weight excluding hydrogens is 456 g/mol. The van der Waals surface area contributed by atoms with E-state index in [0.717, 1.165) is 17.4 Å². The summed E-state index contributed by atoms with van der Waals surface area (Å²) in [4.78, 5) is 50.2. The lowest BCUT2D eigenvalue weighted by molar-refractivity contribution is -0.385. The number of amides is 3. The van der Waals surface area contributed by atoms with Crippen LogP contribution in [0, 0.1) is 10.1 Å². The van der Waals surface area contributed by atoms with Gasteiger partial charge in [0.2, 0.25) is 0 Å². The normalized spacial score (nSPS) is 12.5. The number of hydrogen-bond donors (Lipinski definition) is 2. The van der Waals surface area contributed by atoms with Gasteiger partial charge in [-0.05, 0) is 18.9 Å². The molecule has 33 heavy (non-hydrogen) atoms. The maximum atomic E-state index is 13.0. The zero-order chi connectivity index (χ0) is 24.3. The predicted octanol–water partition coefficient (Wildman–Crippen LogP) is 2.54. The quantitative estimate of drug-likeness (QED) is 0.453. The van der Waals surface area contributed by atoms with Crippen molar-refractivity contribution in [2.45, 2.75) is 19.9 Å². The third kappa shape index (κ3) is 4.67. The van der Waals surface area contributed by atoms with E-state index in [2.05, 4.69) is 5.32 Å². The molecule has 13 heteroatoms. The van der Waals surface area contributed by atoms with Crippen molar-refractivity contribution in [3.05, 3.63) is 43.8 Å². The first kappa shape index (κ1) is 23.8. The maximum absolute atomic E-state index is 13.0. The lowest BCUT2D eigenvalue weighted by Gasteiger charge is -2.26. The molecule has 0 saturated carbocycles. The molecule has 0 saturated heterocycles. The van der Waals surface area contributed by atoms with Crippen LogP contribution in [-0.2, 0) is 17.7 Å². The van der Waals surface area contributed by atoms with Crippen LogP contribution in [0.1, 0.15) is 38.1 Å². The second-order valence-corrected chi connectivity index (χ2v) is 7.98. The highest BCUT2D eigenvalue weighted by molar-refractivity contribution is 7.17. The summed E-state index contributed by atoms with van der Waals surface area (Å²) in [7, 11) is 2.65. The highest BCUT2D eigenvalue weighted by atomic mass is 32.1. The minimum absolute atomic E-state index is 0.0872. The second-order valence-electron chi connectivity index (χ2n) is 6.88. The fourth-order valence-electron chi connectivity index (χ4n) is 3.49. The number of nitrogens with zero attached hydrogens (tertiary/aromatic N) is 2. The highest BCUT2D eigenvalue weighted by Crippen LogP contribution is 2.39. The molecule has 0 bridgehead atoms. The summed E-state index contributed by atoms with van der Waals surface area (Å²) in [5.74, 6) is -1.37. The number of anilines is 1. The van der Waals surface area contributed by atoms with Crippen molar-refractivity contribution >= 4 is 39.9 Å². The summed E-state index contributed by atoms with van der Waals surface area (Å²) >= 11 is 1.08. The average Bonchev–Trinajstić information content (AvgIpc) is 3.15. The van der Waals surface area contributed by atoms with Crippen LogP contribution in [0.2, 0.25) is 0 Å². The van der Waals surface area contributed by atoms with Crippen molar-refractivity contribution in [3.63, 3.8) is 0 Å². The molecule has 1 aliphatic rings. The standard InChI is InChI=1S/C20H22N4O8S/c1-4-32-20(27)23-6-5-10-15(9-23)33-19(16(10)17(21)25)22-18(26)11-7-13(30-2)14(31-3)8-12(11)24(28)29/h7-8H,4-6,9H2,1-3H3,(H2,21,25)(H,22,26). The molecule has 2 aromatic rings. The highest BCUT2D eigenvalue weighted by Gasteiger charge is 2.31. The number of nitro benzene ring substituents is 1. The molecule has 3 N–H and O–H groups in total. The van der Waals surface area contributed by atoms with Gasteiger partial charge < -0.3 is 30.2 Å². The summed E-state index contributed by atoms with van der Waals surface area (Å²) in [5.41, 5.74) is 5.53. The van der Waals surface area contributed by atoms with Crippen LogP contribution in [-0.4, -0.2) is 55.1 Å². The first-order chi connectivity index (χ1) is 15.7. The Hall–Kier alpha value is -3.87. The number of ether oxygens (including phenoxy) is 3. The van der Waals surface area contributed by atoms with Crippen LogP contribution < -0.4 is 20.5 Å². The topological polar surface area (TPSA) is 163 Å². The van der Waals surface area contributed by atoms with Crippen LogP contribution in [0.15, 0.2) is 12.1 Å². The van der Waals surface area contributed by atoms with E-state index < -0.39 is 28.5 Å². The molecule has 0 unspecified atom stereocenters. The molecule has 1 aromatic heterocycles. The Kier molecular flexibility index (Phi) is 7.01. The van der Waals surface area contributed by atoms with Gasteiger partial charge in [-0.15, -0.1) is 11.3 Å². The van der Waals surface area contributed by atoms with Gasteiger partial charge in [-0.1, -0.05) is 0 Å². The van der Waals surface area contributed by atoms with E-state index in [-0.39, 0.29) is 40.8 Å². The van der Waals surface area contributed by atoms with Gasteiger partial charge in [0.1, 0.15) is 10.6 Å². The Labute approximate surface area is 192 Å². The van der Waals surface area contributed by atoms with Gasteiger partial charge in [0.15, 0.2) is 11.5 Å². The largest absolute Gasteiger partial charge is 0.493 e. The van der Waals surface area contributed by atoms with Gasteiger partial charge in [-0.25, -0.2) is 4.79 Å². The third-order valence-electron chi connectivity index (χ3n) is 5.00. The predicted molar refractivity (Wildman–Crippen MR) is 118 cm³/mol. The minimum atomic E-state index is -0.828. The van der Waals surface area contributed by atoms with Crippen molar-refractivity contribution < 1.29 is 33.5 Å². The molecular formula is C20H22N4O8S. The molecule has 3 amide bonds. The van der Waals surface area contributed by atoms with Gasteiger partial charge in [0.25, 0.3) is 17.5 Å². The number of hydrogen-bond acceptors (Lipinski definition) is 9. The first-order valence-corrected chi connectivity index (χ1v) is 10.6. The average molecular weight is 478 g/mol. The molecule has 0 radical (unpaired) electrons. The molecule has 0 atom stereocenters. The summed E-state index contributed by atoms with van der Waals surface area (Å²) in [6.07, 6.45) is -0.140. The lowest BCUT2D eigenvalue weighted by atomic mass is 10.0. The van der Waals surface area contributed by atoms with Crippen LogP contribution in [0.3, 0.4) is 0 Å². The summed E-state index contributed by atoms with van der Waals surface area (Å²) in [6, 6.07) is 2.27. The van der Waals surface area contributed by atoms with Gasteiger partial charge in [-0.3, -0.25) is 19.7 Å². The molecule has 0 spiro atoms. The van der Waals surface area contributed by atoms with Crippen molar-refractivity contribution in [1.29, 1.82) is 0 Å². The van der Waals surface area contributed by atoms with Gasteiger partial charge in [-0.2, -0.15) is 0 Å². The molecule has 0 aliphatic carbocycles. The van der Waals surface area contributed by atoms with E-state index in [0.29, 0.717) is 23.4 Å². The number of benzene rings is 1. The van der Waals surface area contributed by atoms with Crippen molar-refractivity contribution in [1.82, 2.24) is 4.90 Å². The Morgan fingerprint density at radius 1 is 1.24 bits per heavy atom. The number of primary amides is 1. The molecule has 1 aromatic carbocycles. The Morgan fingerprint density at radius 3 is 2.48 bits per heavy atom. The van der Waals surface area contributed by atoms with Crippen molar-refractivity contribution in [3.8, 4) is 11.5 Å². The van der Waals surface area contributed by atoms with Crippen LogP contribution in [0.25, 0.3) is 0 Å². The van der Waals surface area contributed by atoms with Crippen molar-refractivity contribution in [2.24, 2.45) is 5.73 Å². The number of carbonyl (C=O) groups is 3. The van der Waals surface area contributed by atoms with E-state index >= 15 is 0 Å². The number of methoxy groups -OCH3 is 2. The van der Waals surface area contributed by atoms with Crippen LogP contribution in [0.4, 0.5) is 15.5 Å². The maximum Gasteiger partial charge on any atom is 0.410 e. The van der Waals surface area contributed by atoms with E-state index in [9.17, 15) is 24.5 Å². The van der Waals surface area contributed by atoms with E-state index in [1.54, 1.807) is 6.92 Å². The molecule has 2 heterocycles. The summed E-state index contributed by atoms with van der Waals surface area (Å²) in [5, 5.41) is 14.2. The number of thiophene rings is 1. The number of nitro groups is 1. The van der Waals surface area contributed by atoms with Crippen LogP contribution in [0.5, 0.6) is 11.5 Å². The molecule has 0 fully saturated rings. The zero-order valence-corrected chi connectivity index (χ0v) is 18.9. The zero-order valence-electron chi connectivity index (χ0n) is 18.1. The number of nitrogens with one attached hydrogen (secondary N) is 1. The number of nitrogens with two attached hydrogens (primary N) is 1. The molecule has 3 rings (SSSR count). The van der Waals surface area contributed by atoms with Gasteiger partial charge in [0.05, 0.1) is 43.9 Å². The second kappa shape index (κ2) is 9.73. The lowest BCUT2D eigenvalue weighted by Crippen LogP contribution is -2.36. The molecule has 176 valence electrons. The Morgan fingerprint density at radius 2 is 1.91 bits per heavy atom. The van der Waals surface area contributed by atoms with E-state index in [1.807, 2.05) is 0 Å². The van der Waals surface area contributed by atoms with Gasteiger partial charge >= 0.3 is 6.09 Å². The van der Waals surface area contributed by atoms with Crippen molar-refractivity contribution in [2.75, 3.05) is 32.7 Å². The molecule has 12 nitrogen and oxygen atoms in total. The number of carbonyl (C=O) groups excluding carboxylic acids is 3. The monoisotopic (exact) mass is 478 g/mol. The smallest absolute Gasteiger partial charge is 0.410 e. The molecule has 1 aliphatic heterocycles. The van der Waals surface area contributed by atoms with Gasteiger partial charge in [0, 0.05) is 17.5 Å².